The van der Waals surface area contributed by atoms with Crippen LogP contribution in [0.25, 0.3) is 26.6 Å². The summed E-state index contributed by atoms with van der Waals surface area (Å²) in [6.07, 6.45) is 3.04. The lowest BCUT2D eigenvalue weighted by molar-refractivity contribution is -0.134. The summed E-state index contributed by atoms with van der Waals surface area (Å²) in [5.41, 5.74) is 1.71. The topological polar surface area (TPSA) is 44.8 Å². The maximum absolute atomic E-state index is 13.4. The predicted molar refractivity (Wildman–Crippen MR) is 121 cm³/mol. The zero-order valence-electron chi connectivity index (χ0n) is 16.9. The summed E-state index contributed by atoms with van der Waals surface area (Å²) in [6, 6.07) is 19.5. The molecule has 0 fully saturated rings. The number of carbonyl (C=O) groups is 1. The molecule has 0 saturated heterocycles. The van der Waals surface area contributed by atoms with Crippen LogP contribution >= 0.6 is 11.3 Å². The summed E-state index contributed by atoms with van der Waals surface area (Å²) in [6.45, 7) is 0. The predicted octanol–water partition coefficient (Wildman–Crippen LogP) is 6.69. The highest BCUT2D eigenvalue weighted by molar-refractivity contribution is 7.22. The average molecular weight is 434 g/mol. The molecule has 1 aromatic heterocycles. The summed E-state index contributed by atoms with van der Waals surface area (Å²) in [5.74, 6) is 1.41. The van der Waals surface area contributed by atoms with Crippen LogP contribution in [0.5, 0.6) is 17.2 Å². The maximum Gasteiger partial charge on any atom is 0.330 e. The minimum atomic E-state index is -0.413. The number of ether oxygens (including phenoxy) is 3. The van der Waals surface area contributed by atoms with E-state index < -0.39 is 5.97 Å². The van der Waals surface area contributed by atoms with Gasteiger partial charge in [-0.3, -0.25) is 0 Å². The van der Waals surface area contributed by atoms with Crippen LogP contribution in [0, 0.1) is 5.82 Å². The quantitative estimate of drug-likeness (QED) is 0.250. The molecule has 4 aromatic rings. The standard InChI is InChI=1S/C25H19FO4S/c1-28-20-12-13-21-22(15-20)31-25(17-6-8-18(26)9-7-17)24(21)30-19-10-3-16(4-11-19)5-14-23(27)29-2/h3-15H,1-2H3. The fraction of sp³-hybridized carbons (Fsp3) is 0.0800. The summed E-state index contributed by atoms with van der Waals surface area (Å²) >= 11 is 1.56. The molecular weight excluding hydrogens is 415 g/mol. The van der Waals surface area contributed by atoms with Gasteiger partial charge in [0, 0.05) is 16.2 Å². The van der Waals surface area contributed by atoms with Crippen molar-refractivity contribution >= 4 is 33.5 Å². The molecular formula is C25H19FO4S. The summed E-state index contributed by atoms with van der Waals surface area (Å²) in [7, 11) is 2.96. The van der Waals surface area contributed by atoms with E-state index in [1.807, 2.05) is 42.5 Å². The Morgan fingerprint density at radius 2 is 1.65 bits per heavy atom. The molecule has 0 aliphatic rings. The Balaban J connectivity index is 1.72. The fourth-order valence-electron chi connectivity index (χ4n) is 3.07. The molecule has 0 N–H and O–H groups in total. The van der Waals surface area contributed by atoms with E-state index >= 15 is 0 Å². The lowest BCUT2D eigenvalue weighted by atomic mass is 10.1. The van der Waals surface area contributed by atoms with E-state index in [-0.39, 0.29) is 5.82 Å². The smallest absolute Gasteiger partial charge is 0.330 e. The molecule has 0 spiro atoms. The molecule has 0 aliphatic heterocycles. The molecule has 0 atom stereocenters. The molecule has 156 valence electrons. The van der Waals surface area contributed by atoms with Gasteiger partial charge in [0.2, 0.25) is 0 Å². The normalized spacial score (nSPS) is 11.1. The third kappa shape index (κ3) is 4.59. The van der Waals surface area contributed by atoms with E-state index in [2.05, 4.69) is 4.74 Å². The van der Waals surface area contributed by atoms with Gasteiger partial charge in [-0.05, 0) is 59.7 Å². The molecule has 0 amide bonds. The first-order valence-corrected chi connectivity index (χ1v) is 10.3. The van der Waals surface area contributed by atoms with Crippen molar-refractivity contribution < 1.29 is 23.4 Å². The summed E-state index contributed by atoms with van der Waals surface area (Å²) in [5, 5.41) is 0.944. The van der Waals surface area contributed by atoms with Crippen molar-refractivity contribution in [1.82, 2.24) is 0 Å². The van der Waals surface area contributed by atoms with Crippen LogP contribution < -0.4 is 9.47 Å². The summed E-state index contributed by atoms with van der Waals surface area (Å²) in [4.78, 5) is 12.2. The number of rotatable bonds is 6. The fourth-order valence-corrected chi connectivity index (χ4v) is 4.23. The molecule has 1 heterocycles. The number of thiophene rings is 1. The van der Waals surface area contributed by atoms with Gasteiger partial charge in [0.25, 0.3) is 0 Å². The monoisotopic (exact) mass is 434 g/mol. The van der Waals surface area contributed by atoms with E-state index in [1.165, 1.54) is 25.3 Å². The van der Waals surface area contributed by atoms with Crippen molar-refractivity contribution in [2.24, 2.45) is 0 Å². The van der Waals surface area contributed by atoms with Crippen molar-refractivity contribution in [3.05, 3.63) is 84.2 Å². The highest BCUT2D eigenvalue weighted by atomic mass is 32.1. The van der Waals surface area contributed by atoms with Crippen LogP contribution in [-0.4, -0.2) is 20.2 Å². The zero-order chi connectivity index (χ0) is 21.8. The summed E-state index contributed by atoms with van der Waals surface area (Å²) < 4.78 is 30.7. The van der Waals surface area contributed by atoms with Gasteiger partial charge < -0.3 is 14.2 Å². The van der Waals surface area contributed by atoms with Gasteiger partial charge in [-0.1, -0.05) is 24.3 Å². The number of benzene rings is 3. The lowest BCUT2D eigenvalue weighted by Gasteiger charge is -2.09. The number of methoxy groups -OCH3 is 2. The second-order valence-corrected chi connectivity index (χ2v) is 7.71. The van der Waals surface area contributed by atoms with Crippen LogP contribution in [0.4, 0.5) is 4.39 Å². The third-order valence-corrected chi connectivity index (χ3v) is 5.85. The Morgan fingerprint density at radius 3 is 2.32 bits per heavy atom. The highest BCUT2D eigenvalue weighted by Crippen LogP contribution is 2.47. The first-order valence-electron chi connectivity index (χ1n) is 9.48. The van der Waals surface area contributed by atoms with Gasteiger partial charge in [-0.2, -0.15) is 0 Å². The van der Waals surface area contributed by atoms with E-state index in [4.69, 9.17) is 9.47 Å². The zero-order valence-corrected chi connectivity index (χ0v) is 17.7. The molecule has 31 heavy (non-hydrogen) atoms. The van der Waals surface area contributed by atoms with Gasteiger partial charge in [-0.25, -0.2) is 9.18 Å². The third-order valence-electron chi connectivity index (χ3n) is 4.67. The first-order chi connectivity index (χ1) is 15.1. The Morgan fingerprint density at radius 1 is 0.935 bits per heavy atom. The first kappa shape index (κ1) is 20.6. The van der Waals surface area contributed by atoms with E-state index in [1.54, 1.807) is 36.7 Å². The largest absolute Gasteiger partial charge is 0.497 e. The van der Waals surface area contributed by atoms with Crippen LogP contribution in [0.1, 0.15) is 5.56 Å². The Hall–Kier alpha value is -3.64. The van der Waals surface area contributed by atoms with Crippen LogP contribution in [0.15, 0.2) is 72.8 Å². The maximum atomic E-state index is 13.4. The molecule has 6 heteroatoms. The number of hydrogen-bond acceptors (Lipinski definition) is 5. The van der Waals surface area contributed by atoms with Crippen molar-refractivity contribution in [3.8, 4) is 27.7 Å². The van der Waals surface area contributed by atoms with Crippen LogP contribution in [0.3, 0.4) is 0 Å². The molecule has 4 nitrogen and oxygen atoms in total. The van der Waals surface area contributed by atoms with Gasteiger partial charge in [0.15, 0.2) is 5.75 Å². The van der Waals surface area contributed by atoms with Crippen molar-refractivity contribution in [2.45, 2.75) is 0 Å². The van der Waals surface area contributed by atoms with E-state index in [0.717, 1.165) is 31.8 Å². The van der Waals surface area contributed by atoms with Crippen molar-refractivity contribution in [1.29, 1.82) is 0 Å². The average Bonchev–Trinajstić information content (AvgIpc) is 3.16. The van der Waals surface area contributed by atoms with Crippen molar-refractivity contribution in [3.63, 3.8) is 0 Å². The molecule has 0 aliphatic carbocycles. The van der Waals surface area contributed by atoms with E-state index in [9.17, 15) is 9.18 Å². The molecule has 3 aromatic carbocycles. The second-order valence-electron chi connectivity index (χ2n) is 6.66. The lowest BCUT2D eigenvalue weighted by Crippen LogP contribution is -1.93. The highest BCUT2D eigenvalue weighted by Gasteiger charge is 2.17. The van der Waals surface area contributed by atoms with Crippen molar-refractivity contribution in [2.75, 3.05) is 14.2 Å². The van der Waals surface area contributed by atoms with Gasteiger partial charge >= 0.3 is 5.97 Å². The van der Waals surface area contributed by atoms with Crippen LogP contribution in [0.2, 0.25) is 0 Å². The molecule has 0 unspecified atom stereocenters. The molecule has 4 rings (SSSR count). The van der Waals surface area contributed by atoms with Crippen LogP contribution in [-0.2, 0) is 9.53 Å². The number of fused-ring (bicyclic) bond motifs is 1. The Bertz CT molecular complexity index is 1240. The molecule has 0 radical (unpaired) electrons. The minimum absolute atomic E-state index is 0.287. The Kier molecular flexibility index (Phi) is 6.00. The number of halogens is 1. The van der Waals surface area contributed by atoms with Gasteiger partial charge in [-0.15, -0.1) is 11.3 Å². The number of esters is 1. The molecule has 0 saturated carbocycles. The van der Waals surface area contributed by atoms with E-state index in [0.29, 0.717) is 11.5 Å². The minimum Gasteiger partial charge on any atom is -0.497 e. The Labute approximate surface area is 183 Å². The van der Waals surface area contributed by atoms with Gasteiger partial charge in [0.05, 0.1) is 19.1 Å². The SMILES string of the molecule is COC(=O)C=Cc1ccc(Oc2c(-c3ccc(F)cc3)sc3cc(OC)ccc23)cc1. The van der Waals surface area contributed by atoms with Gasteiger partial charge in [0.1, 0.15) is 17.3 Å². The molecule has 0 bridgehead atoms. The second kappa shape index (κ2) is 9.02. The number of carbonyl (C=O) groups excluding carboxylic acids is 1. The number of hydrogen-bond donors (Lipinski definition) is 0.